The van der Waals surface area contributed by atoms with Crippen LogP contribution in [0.25, 0.3) is 0 Å². The molecule has 1 rings (SSSR count). The Labute approximate surface area is 47.7 Å². The molecule has 0 spiro atoms. The van der Waals surface area contributed by atoms with Gasteiger partial charge in [-0.05, 0) is 0 Å². The van der Waals surface area contributed by atoms with Gasteiger partial charge in [-0.15, -0.1) is 0 Å². The molecule has 0 bridgehead atoms. The van der Waals surface area contributed by atoms with Gasteiger partial charge in [-0.1, -0.05) is 0 Å². The molecule has 8 heavy (non-hydrogen) atoms. The van der Waals surface area contributed by atoms with Crippen LogP contribution < -0.4 is 0 Å². The highest BCUT2D eigenvalue weighted by Gasteiger charge is 1.89. The summed E-state index contributed by atoms with van der Waals surface area (Å²) in [5.74, 6) is -0.512. The zero-order valence-corrected chi connectivity index (χ0v) is 4.11. The van der Waals surface area contributed by atoms with E-state index >= 15 is 0 Å². The lowest BCUT2D eigenvalue weighted by Gasteiger charge is -1.88. The van der Waals surface area contributed by atoms with Gasteiger partial charge in [-0.25, -0.2) is 4.98 Å². The lowest BCUT2D eigenvalue weighted by atomic mass is 10.1. The summed E-state index contributed by atoms with van der Waals surface area (Å²) in [6.45, 7) is 0. The first-order chi connectivity index (χ1) is 3.80. The van der Waals surface area contributed by atoms with Crippen molar-refractivity contribution in [2.75, 3.05) is 0 Å². The van der Waals surface area contributed by atoms with Crippen molar-refractivity contribution in [2.24, 2.45) is 0 Å². The Morgan fingerprint density at radius 1 is 1.75 bits per heavy atom. The maximum absolute atomic E-state index is 10.2. The summed E-state index contributed by atoms with van der Waals surface area (Å²) >= 11 is 0. The van der Waals surface area contributed by atoms with E-state index in [0.29, 0.717) is 0 Å². The fraction of sp³-hybridized carbons (Fsp3) is 0. The van der Waals surface area contributed by atoms with E-state index in [1.54, 1.807) is 0 Å². The summed E-state index contributed by atoms with van der Waals surface area (Å²) in [7, 11) is 4.84. The topological polar surface area (TPSA) is 34.9 Å². The fourth-order valence-corrected chi connectivity index (χ4v) is 0.389. The molecule has 0 aliphatic heterocycles. The lowest BCUT2D eigenvalue weighted by molar-refractivity contribution is 0.261. The molecule has 0 saturated carbocycles. The molecular formula is C4H3BN2O. The second kappa shape index (κ2) is 1.82. The monoisotopic (exact) mass is 106 g/mol. The summed E-state index contributed by atoms with van der Waals surface area (Å²) in [5.41, 5.74) is 0. The van der Waals surface area contributed by atoms with Gasteiger partial charge in [-0.2, -0.15) is 0 Å². The Morgan fingerprint density at radius 2 is 2.50 bits per heavy atom. The van der Waals surface area contributed by atoms with Gasteiger partial charge in [0, 0.05) is 12.4 Å². The number of rotatable bonds is 0. The maximum Gasteiger partial charge on any atom is 0.201 e. The molecule has 0 aromatic carbocycles. The van der Waals surface area contributed by atoms with Crippen molar-refractivity contribution in [2.45, 2.75) is 0 Å². The molecular weight excluding hydrogens is 103 g/mol. The van der Waals surface area contributed by atoms with Crippen LogP contribution in [-0.2, 0) is 0 Å². The number of nitrogens with zero attached hydrogens (tertiary/aromatic N) is 2. The van der Waals surface area contributed by atoms with Crippen LogP contribution in [0.4, 0.5) is 4.79 Å². The van der Waals surface area contributed by atoms with Crippen LogP contribution in [0.1, 0.15) is 0 Å². The molecule has 3 nitrogen and oxygen atoms in total. The van der Waals surface area contributed by atoms with Crippen molar-refractivity contribution in [3.8, 4) is 0 Å². The molecule has 4 heteroatoms. The van der Waals surface area contributed by atoms with Crippen molar-refractivity contribution in [1.82, 2.24) is 9.55 Å². The van der Waals surface area contributed by atoms with Gasteiger partial charge in [0.25, 0.3) is 0 Å². The Morgan fingerprint density at radius 3 is 2.75 bits per heavy atom. The van der Waals surface area contributed by atoms with Crippen molar-refractivity contribution in [3.63, 3.8) is 0 Å². The highest BCUT2D eigenvalue weighted by Crippen LogP contribution is 1.81. The van der Waals surface area contributed by atoms with Gasteiger partial charge >= 0.3 is 0 Å². The fourth-order valence-electron chi connectivity index (χ4n) is 0.389. The summed E-state index contributed by atoms with van der Waals surface area (Å²) in [5, 5.41) is 0. The third-order valence-electron chi connectivity index (χ3n) is 0.759. The molecule has 1 aromatic heterocycles. The maximum atomic E-state index is 10.2. The zero-order chi connectivity index (χ0) is 5.98. The molecule has 0 amide bonds. The standard InChI is InChI=1S/C4H3BN2O/c5-4(8)7-2-1-6-3-7/h1-3H. The van der Waals surface area contributed by atoms with Crippen LogP contribution >= 0.6 is 0 Å². The minimum absolute atomic E-state index is 0.512. The lowest BCUT2D eigenvalue weighted by Crippen LogP contribution is -2.04. The van der Waals surface area contributed by atoms with Gasteiger partial charge in [0.1, 0.15) is 6.33 Å². The summed E-state index contributed by atoms with van der Waals surface area (Å²) in [6, 6.07) is 0. The number of carbonyl (C=O) groups is 1. The number of hydrogen-bond donors (Lipinski definition) is 0. The average molecular weight is 106 g/mol. The molecule has 38 valence electrons. The third kappa shape index (κ3) is 0.778. The molecule has 2 radical (unpaired) electrons. The SMILES string of the molecule is [B]C(=O)n1ccnc1. The summed E-state index contributed by atoms with van der Waals surface area (Å²) in [6.07, 6.45) is 4.33. The van der Waals surface area contributed by atoms with Gasteiger partial charge in [-0.3, -0.25) is 9.36 Å². The zero-order valence-electron chi connectivity index (χ0n) is 4.11. The van der Waals surface area contributed by atoms with E-state index in [9.17, 15) is 4.79 Å². The minimum atomic E-state index is -0.512. The van der Waals surface area contributed by atoms with E-state index in [0.717, 1.165) is 0 Å². The number of imidazole rings is 1. The van der Waals surface area contributed by atoms with E-state index < -0.39 is 5.81 Å². The molecule has 1 heterocycles. The average Bonchev–Trinajstić information content (AvgIpc) is 2.12. The van der Waals surface area contributed by atoms with Gasteiger partial charge < -0.3 is 0 Å². The van der Waals surface area contributed by atoms with Crippen LogP contribution in [0.2, 0.25) is 0 Å². The van der Waals surface area contributed by atoms with Crippen molar-refractivity contribution in [1.29, 1.82) is 0 Å². The van der Waals surface area contributed by atoms with E-state index in [-0.39, 0.29) is 0 Å². The highest BCUT2D eigenvalue weighted by molar-refractivity contribution is 6.57. The second-order valence-electron chi connectivity index (χ2n) is 1.31. The van der Waals surface area contributed by atoms with Crippen LogP contribution in [0.5, 0.6) is 0 Å². The normalized spacial score (nSPS) is 9.00. The predicted molar refractivity (Wildman–Crippen MR) is 28.8 cm³/mol. The first kappa shape index (κ1) is 5.09. The van der Waals surface area contributed by atoms with Crippen LogP contribution in [0.3, 0.4) is 0 Å². The Hall–Kier alpha value is -1.06. The number of carbonyl (C=O) groups excluding carboxylic acids is 1. The van der Waals surface area contributed by atoms with Crippen molar-refractivity contribution in [3.05, 3.63) is 18.7 Å². The highest BCUT2D eigenvalue weighted by atomic mass is 16.1. The molecule has 0 aliphatic rings. The third-order valence-corrected chi connectivity index (χ3v) is 0.759. The molecule has 0 N–H and O–H groups in total. The minimum Gasteiger partial charge on any atom is -0.288 e. The van der Waals surface area contributed by atoms with Crippen LogP contribution in [0, 0.1) is 0 Å². The molecule has 0 aliphatic carbocycles. The smallest absolute Gasteiger partial charge is 0.201 e. The van der Waals surface area contributed by atoms with E-state index in [2.05, 4.69) is 4.98 Å². The molecule has 0 fully saturated rings. The number of hydrogen-bond acceptors (Lipinski definition) is 2. The quantitative estimate of drug-likeness (QED) is 0.437. The van der Waals surface area contributed by atoms with Crippen molar-refractivity contribution < 1.29 is 4.79 Å². The Balaban J connectivity index is 2.93. The Bertz CT molecular complexity index is 182. The van der Waals surface area contributed by atoms with Crippen LogP contribution in [-0.4, -0.2) is 23.2 Å². The largest absolute Gasteiger partial charge is 0.288 e. The second-order valence-corrected chi connectivity index (χ2v) is 1.31. The molecule has 1 aromatic rings. The van der Waals surface area contributed by atoms with Gasteiger partial charge in [0.05, 0.1) is 0 Å². The first-order valence-corrected chi connectivity index (χ1v) is 2.08. The summed E-state index contributed by atoms with van der Waals surface area (Å²) in [4.78, 5) is 13.8. The van der Waals surface area contributed by atoms with Crippen LogP contribution in [0.15, 0.2) is 18.7 Å². The summed E-state index contributed by atoms with van der Waals surface area (Å²) < 4.78 is 1.19. The van der Waals surface area contributed by atoms with E-state index in [1.165, 1.54) is 23.3 Å². The molecule has 0 saturated heterocycles. The number of aromatic nitrogens is 2. The molecule has 0 atom stereocenters. The first-order valence-electron chi connectivity index (χ1n) is 2.08. The molecule has 0 unspecified atom stereocenters. The van der Waals surface area contributed by atoms with E-state index in [4.69, 9.17) is 7.85 Å². The van der Waals surface area contributed by atoms with Gasteiger partial charge in [0.15, 0.2) is 5.81 Å². The Kier molecular flexibility index (Phi) is 1.16. The van der Waals surface area contributed by atoms with E-state index in [1.807, 2.05) is 0 Å². The predicted octanol–water partition coefficient (Wildman–Crippen LogP) is 0.0197. The van der Waals surface area contributed by atoms with Gasteiger partial charge in [0.2, 0.25) is 7.85 Å². The van der Waals surface area contributed by atoms with Crippen molar-refractivity contribution >= 4 is 13.7 Å².